The van der Waals surface area contributed by atoms with Gasteiger partial charge in [-0.25, -0.2) is 0 Å². The molecule has 18 heavy (non-hydrogen) atoms. The number of carbonyl (C=O) groups excluding carboxylic acids is 1. The molecule has 0 radical (unpaired) electrons. The first kappa shape index (κ1) is 12.1. The van der Waals surface area contributed by atoms with E-state index in [1.165, 1.54) is 0 Å². The highest BCUT2D eigenvalue weighted by atomic mass is 35.5. The summed E-state index contributed by atoms with van der Waals surface area (Å²) >= 11 is 12.3. The van der Waals surface area contributed by atoms with E-state index in [0.29, 0.717) is 16.6 Å². The molecule has 4 nitrogen and oxygen atoms in total. The highest BCUT2D eigenvalue weighted by Gasteiger charge is 2.47. The molecule has 1 unspecified atom stereocenters. The van der Waals surface area contributed by atoms with Gasteiger partial charge in [0, 0.05) is 32.0 Å². The van der Waals surface area contributed by atoms with Crippen molar-refractivity contribution in [2.24, 2.45) is 5.41 Å². The van der Waals surface area contributed by atoms with Crippen LogP contribution in [0.25, 0.3) is 0 Å². The summed E-state index contributed by atoms with van der Waals surface area (Å²) in [5, 5.41) is 3.99. The van der Waals surface area contributed by atoms with Gasteiger partial charge >= 0.3 is 0 Å². The van der Waals surface area contributed by atoms with Gasteiger partial charge < -0.3 is 10.2 Å². The Morgan fingerprint density at radius 2 is 2.00 bits per heavy atom. The third-order valence-electron chi connectivity index (χ3n) is 3.87. The van der Waals surface area contributed by atoms with Crippen LogP contribution in [0.5, 0.6) is 0 Å². The fourth-order valence-electron chi connectivity index (χ4n) is 2.88. The number of pyridine rings is 1. The highest BCUT2D eigenvalue weighted by molar-refractivity contribution is 6.38. The minimum Gasteiger partial charge on any atom is -0.368 e. The number of hydrogen-bond donors (Lipinski definition) is 1. The maximum absolute atomic E-state index is 11.9. The zero-order valence-electron chi connectivity index (χ0n) is 9.75. The van der Waals surface area contributed by atoms with Crippen molar-refractivity contribution in [1.29, 1.82) is 0 Å². The maximum Gasteiger partial charge on any atom is 0.228 e. The molecule has 1 aromatic rings. The van der Waals surface area contributed by atoms with Crippen LogP contribution in [0.15, 0.2) is 12.4 Å². The maximum atomic E-state index is 11.9. The molecular weight excluding hydrogens is 273 g/mol. The third kappa shape index (κ3) is 1.75. The zero-order chi connectivity index (χ0) is 12.8. The molecule has 1 spiro atoms. The van der Waals surface area contributed by atoms with Gasteiger partial charge in [-0.15, -0.1) is 0 Å². The Morgan fingerprint density at radius 3 is 2.61 bits per heavy atom. The molecule has 0 saturated carbocycles. The lowest BCUT2D eigenvalue weighted by Gasteiger charge is -2.23. The lowest BCUT2D eigenvalue weighted by atomic mass is 9.86. The Kier molecular flexibility index (Phi) is 2.87. The standard InChI is InChI=1S/C12H13Cl2N3O/c13-8-5-15-6-9(14)10(8)17-4-2-12(7-17)1-3-16-11(12)18/h5-6H,1-4,7H2,(H,16,18). The largest absolute Gasteiger partial charge is 0.368 e. The predicted octanol–water partition coefficient (Wildman–Crippen LogP) is 2.10. The second-order valence-electron chi connectivity index (χ2n) is 4.91. The van der Waals surface area contributed by atoms with Crippen LogP contribution in [0.3, 0.4) is 0 Å². The van der Waals surface area contributed by atoms with E-state index < -0.39 is 0 Å². The van der Waals surface area contributed by atoms with Crippen LogP contribution in [0.4, 0.5) is 5.69 Å². The Balaban J connectivity index is 1.90. The van der Waals surface area contributed by atoms with Crippen LogP contribution in [0.2, 0.25) is 10.0 Å². The number of nitrogens with one attached hydrogen (secondary N) is 1. The Hall–Kier alpha value is -1.00. The molecule has 0 aliphatic carbocycles. The summed E-state index contributed by atoms with van der Waals surface area (Å²) in [6.45, 7) is 2.25. The van der Waals surface area contributed by atoms with Crippen LogP contribution >= 0.6 is 23.2 Å². The van der Waals surface area contributed by atoms with E-state index in [4.69, 9.17) is 23.2 Å². The smallest absolute Gasteiger partial charge is 0.228 e. The van der Waals surface area contributed by atoms with Crippen LogP contribution in [-0.4, -0.2) is 30.5 Å². The summed E-state index contributed by atoms with van der Waals surface area (Å²) in [6.07, 6.45) is 4.92. The first-order chi connectivity index (χ1) is 8.62. The normalized spacial score (nSPS) is 27.0. The van der Waals surface area contributed by atoms with Crippen LogP contribution in [-0.2, 0) is 4.79 Å². The molecule has 0 aromatic carbocycles. The molecule has 1 N–H and O–H groups in total. The lowest BCUT2D eigenvalue weighted by Crippen LogP contribution is -2.34. The van der Waals surface area contributed by atoms with E-state index in [1.807, 2.05) is 0 Å². The van der Waals surface area contributed by atoms with Crippen molar-refractivity contribution in [3.8, 4) is 0 Å². The monoisotopic (exact) mass is 285 g/mol. The summed E-state index contributed by atoms with van der Waals surface area (Å²) in [5.41, 5.74) is 0.542. The highest BCUT2D eigenvalue weighted by Crippen LogP contribution is 2.42. The number of carbonyl (C=O) groups is 1. The average Bonchev–Trinajstić information content (AvgIpc) is 2.89. The van der Waals surface area contributed by atoms with E-state index in [2.05, 4.69) is 15.2 Å². The van der Waals surface area contributed by atoms with E-state index in [9.17, 15) is 4.79 Å². The van der Waals surface area contributed by atoms with Crippen molar-refractivity contribution in [2.75, 3.05) is 24.5 Å². The third-order valence-corrected chi connectivity index (χ3v) is 4.42. The van der Waals surface area contributed by atoms with Crippen molar-refractivity contribution >= 4 is 34.8 Å². The topological polar surface area (TPSA) is 45.2 Å². The van der Waals surface area contributed by atoms with Gasteiger partial charge in [-0.2, -0.15) is 0 Å². The Labute approximate surface area is 115 Å². The van der Waals surface area contributed by atoms with E-state index in [0.717, 1.165) is 31.6 Å². The average molecular weight is 286 g/mol. The van der Waals surface area contributed by atoms with Gasteiger partial charge in [0.15, 0.2) is 0 Å². The Morgan fingerprint density at radius 1 is 1.28 bits per heavy atom. The molecular formula is C12H13Cl2N3O. The summed E-state index contributed by atoms with van der Waals surface area (Å²) in [4.78, 5) is 18.0. The van der Waals surface area contributed by atoms with E-state index in [-0.39, 0.29) is 11.3 Å². The second kappa shape index (κ2) is 4.28. The molecule has 2 aliphatic rings. The molecule has 1 atom stereocenters. The summed E-state index contributed by atoms with van der Waals surface area (Å²) in [6, 6.07) is 0. The Bertz CT molecular complexity index is 488. The van der Waals surface area contributed by atoms with E-state index in [1.54, 1.807) is 12.4 Å². The summed E-state index contributed by atoms with van der Waals surface area (Å²) < 4.78 is 0. The number of aromatic nitrogens is 1. The van der Waals surface area contributed by atoms with Crippen molar-refractivity contribution in [2.45, 2.75) is 12.8 Å². The minimum absolute atomic E-state index is 0.159. The summed E-state index contributed by atoms with van der Waals surface area (Å²) in [5.74, 6) is 0.159. The number of nitrogens with zero attached hydrogens (tertiary/aromatic N) is 2. The molecule has 1 amide bonds. The van der Waals surface area contributed by atoms with Crippen LogP contribution in [0.1, 0.15) is 12.8 Å². The number of anilines is 1. The molecule has 3 rings (SSSR count). The first-order valence-corrected chi connectivity index (χ1v) is 6.70. The zero-order valence-corrected chi connectivity index (χ0v) is 11.3. The van der Waals surface area contributed by atoms with Crippen LogP contribution in [0, 0.1) is 5.41 Å². The molecule has 96 valence electrons. The molecule has 2 fully saturated rings. The quantitative estimate of drug-likeness (QED) is 0.860. The van der Waals surface area contributed by atoms with Gasteiger partial charge in [-0.1, -0.05) is 23.2 Å². The lowest BCUT2D eigenvalue weighted by molar-refractivity contribution is -0.126. The SMILES string of the molecule is O=C1NCCC12CCN(c1c(Cl)cncc1Cl)C2. The number of halogens is 2. The fraction of sp³-hybridized carbons (Fsp3) is 0.500. The second-order valence-corrected chi connectivity index (χ2v) is 5.72. The fourth-order valence-corrected chi connectivity index (χ4v) is 3.48. The van der Waals surface area contributed by atoms with Gasteiger partial charge in [0.05, 0.1) is 21.1 Å². The number of amides is 1. The first-order valence-electron chi connectivity index (χ1n) is 5.95. The molecule has 2 aliphatic heterocycles. The van der Waals surface area contributed by atoms with Gasteiger partial charge in [0.1, 0.15) is 0 Å². The van der Waals surface area contributed by atoms with Crippen molar-refractivity contribution < 1.29 is 4.79 Å². The molecule has 2 saturated heterocycles. The summed E-state index contributed by atoms with van der Waals surface area (Å²) in [7, 11) is 0. The molecule has 1 aromatic heterocycles. The van der Waals surface area contributed by atoms with Gasteiger partial charge in [0.2, 0.25) is 5.91 Å². The predicted molar refractivity (Wildman–Crippen MR) is 71.1 cm³/mol. The van der Waals surface area contributed by atoms with E-state index >= 15 is 0 Å². The van der Waals surface area contributed by atoms with Crippen LogP contribution < -0.4 is 10.2 Å². The van der Waals surface area contributed by atoms with Gasteiger partial charge in [0.25, 0.3) is 0 Å². The molecule has 3 heterocycles. The van der Waals surface area contributed by atoms with Crippen molar-refractivity contribution in [3.63, 3.8) is 0 Å². The minimum atomic E-state index is -0.254. The molecule has 0 bridgehead atoms. The molecule has 6 heteroatoms. The number of hydrogen-bond acceptors (Lipinski definition) is 3. The van der Waals surface area contributed by atoms with Gasteiger partial charge in [-0.3, -0.25) is 9.78 Å². The number of rotatable bonds is 1. The van der Waals surface area contributed by atoms with Crippen molar-refractivity contribution in [3.05, 3.63) is 22.4 Å². The van der Waals surface area contributed by atoms with Crippen molar-refractivity contribution in [1.82, 2.24) is 10.3 Å². The van der Waals surface area contributed by atoms with Gasteiger partial charge in [-0.05, 0) is 12.8 Å².